The summed E-state index contributed by atoms with van der Waals surface area (Å²) in [7, 11) is 0. The number of carboxylic acids is 1. The van der Waals surface area contributed by atoms with Crippen LogP contribution in [0.25, 0.3) is 0 Å². The lowest BCUT2D eigenvalue weighted by Crippen LogP contribution is -2.11. The zero-order valence-corrected chi connectivity index (χ0v) is 39.7. The molecule has 0 saturated heterocycles. The highest BCUT2D eigenvalue weighted by Crippen LogP contribution is 2.26. The van der Waals surface area contributed by atoms with Crippen molar-refractivity contribution >= 4 is 12.3 Å². The van der Waals surface area contributed by atoms with Crippen molar-refractivity contribution < 1.29 is 19.1 Å². The maximum atomic E-state index is 12.9. The van der Waals surface area contributed by atoms with Crippen LogP contribution in [0.2, 0.25) is 0 Å². The predicted octanol–water partition coefficient (Wildman–Crippen LogP) is 17.4. The van der Waals surface area contributed by atoms with Crippen LogP contribution in [0.4, 0.5) is 4.39 Å². The van der Waals surface area contributed by atoms with Crippen LogP contribution >= 0.6 is 0 Å². The number of carbonyl (C=O) groups excluding carboxylic acids is 1. The molecule has 62 heavy (non-hydrogen) atoms. The Kier molecular flexibility index (Phi) is 25.7. The molecule has 5 aromatic carbocycles. The van der Waals surface area contributed by atoms with Gasteiger partial charge in [0.2, 0.25) is 0 Å². The Bertz CT molecular complexity index is 2020. The molecular weight excluding hydrogens is 764 g/mol. The summed E-state index contributed by atoms with van der Waals surface area (Å²) in [6.07, 6.45) is 0.867. The van der Waals surface area contributed by atoms with E-state index in [9.17, 15) is 14.0 Å². The van der Waals surface area contributed by atoms with Crippen LogP contribution in [0.5, 0.6) is 0 Å². The van der Waals surface area contributed by atoms with E-state index in [1.165, 1.54) is 39.4 Å². The van der Waals surface area contributed by atoms with Crippen molar-refractivity contribution in [2.45, 2.75) is 174 Å². The van der Waals surface area contributed by atoms with E-state index in [1.807, 2.05) is 48.5 Å². The first-order valence-corrected chi connectivity index (χ1v) is 20.7. The fourth-order valence-corrected chi connectivity index (χ4v) is 5.45. The second kappa shape index (κ2) is 25.9. The molecule has 0 aliphatic rings. The quantitative estimate of drug-likeness (QED) is 0.180. The second-order valence-corrected chi connectivity index (χ2v) is 20.6. The molecule has 0 radical (unpaired) electrons. The number of hydrogen-bond acceptors (Lipinski definition) is 2. The normalized spacial score (nSPS) is 11.0. The van der Waals surface area contributed by atoms with Gasteiger partial charge in [0.05, 0.1) is 5.56 Å². The molecule has 1 N–H and O–H groups in total. The summed E-state index contributed by atoms with van der Waals surface area (Å²) in [5.41, 5.74) is 11.8. The van der Waals surface area contributed by atoms with Crippen molar-refractivity contribution in [3.63, 3.8) is 0 Å². The highest BCUT2D eigenvalue weighted by Gasteiger charge is 2.16. The number of benzene rings is 5. The van der Waals surface area contributed by atoms with Gasteiger partial charge in [-0.15, -0.1) is 0 Å². The molecule has 5 aromatic rings. The molecule has 4 heteroatoms. The zero-order valence-electron chi connectivity index (χ0n) is 39.7. The predicted molar refractivity (Wildman–Crippen MR) is 272 cm³/mol. The van der Waals surface area contributed by atoms with Crippen molar-refractivity contribution in [3.8, 4) is 0 Å². The van der Waals surface area contributed by atoms with E-state index in [4.69, 9.17) is 5.11 Å². The van der Waals surface area contributed by atoms with E-state index in [2.05, 4.69) is 166 Å². The van der Waals surface area contributed by atoms with Gasteiger partial charge in [-0.05, 0) is 99.4 Å². The Balaban J connectivity index is -0.000000694. The second-order valence-electron chi connectivity index (χ2n) is 20.6. The first-order valence-electron chi connectivity index (χ1n) is 20.7. The van der Waals surface area contributed by atoms with Gasteiger partial charge in [0.1, 0.15) is 12.1 Å². The van der Waals surface area contributed by atoms with Crippen LogP contribution in [0.15, 0.2) is 115 Å². The Labute approximate surface area is 380 Å². The van der Waals surface area contributed by atoms with Gasteiger partial charge in [0, 0.05) is 5.56 Å². The Morgan fingerprint density at radius 1 is 0.452 bits per heavy atom. The van der Waals surface area contributed by atoms with E-state index in [0.717, 1.165) is 23.0 Å². The molecule has 5 rings (SSSR count). The van der Waals surface area contributed by atoms with E-state index < -0.39 is 5.97 Å². The summed E-state index contributed by atoms with van der Waals surface area (Å²) in [5.74, 6) is -0.997. The molecule has 0 spiro atoms. The standard InChI is InChI=1S/C11H15F.C11H14O2.C11H14O.2C11H16.3CH4/c1-8-7-9(11(2,3)4)5-6-10(8)12;1-11(2,3)9-6-4-8(5-7-9)10(12)13;1-11(2,3)10-6-4-9(8-12)5-7-10;1-9-5-7-10(8-6-9)11(2,3)4;1-9-6-5-7-10(8-9)11(2,3)4;;;/h5-7H,1-4H3;4-7H,1-3H3,(H,12,13);4-8H,1-3H3;2*5-8H,1-4H3;3*1H4. The summed E-state index contributed by atoms with van der Waals surface area (Å²) < 4.78 is 12.9. The van der Waals surface area contributed by atoms with Crippen molar-refractivity contribution in [1.29, 1.82) is 0 Å². The van der Waals surface area contributed by atoms with Crippen molar-refractivity contribution in [3.05, 3.63) is 177 Å². The van der Waals surface area contributed by atoms with Crippen LogP contribution < -0.4 is 0 Å². The Morgan fingerprint density at radius 2 is 0.790 bits per heavy atom. The SMILES string of the molecule is C.C.C.CC(C)(C)c1ccc(C(=O)O)cc1.CC(C)(C)c1ccc(C=O)cc1.Cc1cc(C(C)(C)C)ccc1F.Cc1ccc(C(C)(C)C)cc1.Cc1cccc(C(C)(C)C)c1. The first-order chi connectivity index (χ1) is 26.9. The highest BCUT2D eigenvalue weighted by molar-refractivity contribution is 5.87. The smallest absolute Gasteiger partial charge is 0.335 e. The topological polar surface area (TPSA) is 54.4 Å². The van der Waals surface area contributed by atoms with Gasteiger partial charge in [-0.2, -0.15) is 0 Å². The highest BCUT2D eigenvalue weighted by atomic mass is 19.1. The van der Waals surface area contributed by atoms with Crippen LogP contribution in [0.1, 0.15) is 191 Å². The van der Waals surface area contributed by atoms with Crippen LogP contribution in [-0.4, -0.2) is 17.4 Å². The number of aldehydes is 1. The monoisotopic (exact) mass is 851 g/mol. The van der Waals surface area contributed by atoms with Gasteiger partial charge in [-0.3, -0.25) is 4.79 Å². The summed E-state index contributed by atoms with van der Waals surface area (Å²) in [6.45, 7) is 38.6. The summed E-state index contributed by atoms with van der Waals surface area (Å²) >= 11 is 0. The lowest BCUT2D eigenvalue weighted by atomic mass is 9.86. The third-order valence-electron chi connectivity index (χ3n) is 9.74. The Morgan fingerprint density at radius 3 is 1.10 bits per heavy atom. The van der Waals surface area contributed by atoms with Crippen LogP contribution in [0.3, 0.4) is 0 Å². The maximum absolute atomic E-state index is 12.9. The minimum Gasteiger partial charge on any atom is -0.478 e. The van der Waals surface area contributed by atoms with Gasteiger partial charge in [-0.1, -0.05) is 234 Å². The number of rotatable bonds is 2. The molecular formula is C58H87FO3. The third kappa shape index (κ3) is 22.9. The molecule has 0 unspecified atom stereocenters. The molecule has 3 nitrogen and oxygen atoms in total. The number of aryl methyl sites for hydroxylation is 3. The van der Waals surface area contributed by atoms with Crippen molar-refractivity contribution in [2.24, 2.45) is 0 Å². The van der Waals surface area contributed by atoms with E-state index in [-0.39, 0.29) is 55.2 Å². The van der Waals surface area contributed by atoms with E-state index in [1.54, 1.807) is 19.1 Å². The number of hydrogen-bond donors (Lipinski definition) is 1. The fraction of sp³-hybridized carbons (Fsp3) is 0.448. The molecule has 0 saturated carbocycles. The van der Waals surface area contributed by atoms with E-state index >= 15 is 0 Å². The molecule has 0 atom stereocenters. The number of carboxylic acid groups (broad SMARTS) is 1. The minimum absolute atomic E-state index is 0. The lowest BCUT2D eigenvalue weighted by Gasteiger charge is -2.19. The molecule has 0 amide bonds. The molecule has 0 bridgehead atoms. The molecule has 0 heterocycles. The largest absolute Gasteiger partial charge is 0.478 e. The van der Waals surface area contributed by atoms with Gasteiger partial charge in [0.25, 0.3) is 0 Å². The Hall–Kier alpha value is -4.83. The van der Waals surface area contributed by atoms with Gasteiger partial charge >= 0.3 is 5.97 Å². The fourth-order valence-electron chi connectivity index (χ4n) is 5.45. The molecule has 344 valence electrons. The van der Waals surface area contributed by atoms with Gasteiger partial charge in [-0.25, -0.2) is 9.18 Å². The number of carbonyl (C=O) groups is 2. The minimum atomic E-state index is -0.875. The van der Waals surface area contributed by atoms with Crippen LogP contribution in [0, 0.1) is 26.6 Å². The average Bonchev–Trinajstić information content (AvgIpc) is 3.12. The third-order valence-corrected chi connectivity index (χ3v) is 9.74. The number of aromatic carboxylic acids is 1. The molecule has 0 fully saturated rings. The summed E-state index contributed by atoms with van der Waals surface area (Å²) in [6, 6.07) is 37.5. The van der Waals surface area contributed by atoms with Gasteiger partial charge < -0.3 is 5.11 Å². The molecule has 0 aliphatic carbocycles. The van der Waals surface area contributed by atoms with Crippen LogP contribution in [-0.2, 0) is 27.1 Å². The molecule has 0 aromatic heterocycles. The zero-order chi connectivity index (χ0) is 45.6. The molecule has 0 aliphatic heterocycles. The lowest BCUT2D eigenvalue weighted by molar-refractivity contribution is 0.0696. The average molecular weight is 851 g/mol. The summed E-state index contributed by atoms with van der Waals surface area (Å²) in [5, 5.41) is 8.68. The maximum Gasteiger partial charge on any atom is 0.335 e. The van der Waals surface area contributed by atoms with E-state index in [0.29, 0.717) is 5.56 Å². The van der Waals surface area contributed by atoms with Crippen molar-refractivity contribution in [1.82, 2.24) is 0 Å². The first kappa shape index (κ1) is 61.5. The number of halogens is 1. The van der Waals surface area contributed by atoms with Gasteiger partial charge in [0.15, 0.2) is 0 Å². The summed E-state index contributed by atoms with van der Waals surface area (Å²) in [4.78, 5) is 20.9. The van der Waals surface area contributed by atoms with Crippen molar-refractivity contribution in [2.75, 3.05) is 0 Å².